The van der Waals surface area contributed by atoms with Gasteiger partial charge in [0.1, 0.15) is 0 Å². The van der Waals surface area contributed by atoms with Gasteiger partial charge in [0.15, 0.2) is 5.82 Å². The van der Waals surface area contributed by atoms with Crippen LogP contribution in [0.25, 0.3) is 11.4 Å². The largest absolute Gasteiger partial charge is 0.326 e. The fourth-order valence-electron chi connectivity index (χ4n) is 2.24. The predicted octanol–water partition coefficient (Wildman–Crippen LogP) is 3.60. The minimum Gasteiger partial charge on any atom is -0.326 e. The van der Waals surface area contributed by atoms with Crippen LogP contribution in [-0.2, 0) is 6.54 Å². The molecular formula is C15H18BrN3. The number of nitrogens with two attached hydrogens (primary N) is 1. The molecular weight excluding hydrogens is 302 g/mol. The second-order valence-electron chi connectivity index (χ2n) is 4.82. The van der Waals surface area contributed by atoms with Crippen LogP contribution >= 0.6 is 15.9 Å². The summed E-state index contributed by atoms with van der Waals surface area (Å²) in [5, 5.41) is 0. The molecule has 0 atom stereocenters. The zero-order chi connectivity index (χ0) is 14.2. The topological polar surface area (TPSA) is 51.8 Å². The molecule has 0 aliphatic heterocycles. The lowest BCUT2D eigenvalue weighted by atomic mass is 10.1. The summed E-state index contributed by atoms with van der Waals surface area (Å²) in [4.78, 5) is 9.16. The first-order valence-corrected chi connectivity index (χ1v) is 7.04. The van der Waals surface area contributed by atoms with Crippen molar-refractivity contribution in [3.63, 3.8) is 0 Å². The summed E-state index contributed by atoms with van der Waals surface area (Å²) in [7, 11) is 0. The molecule has 2 N–H and O–H groups in total. The van der Waals surface area contributed by atoms with Crippen LogP contribution in [0.2, 0.25) is 0 Å². The standard InChI is InChI=1S/C15H18BrN3/c1-8-5-12(6-9(2)14(8)16)15-18-10(3)13(7-17)11(4)19-15/h5-6H,7,17H2,1-4H3. The normalized spacial score (nSPS) is 10.8. The van der Waals surface area contributed by atoms with Gasteiger partial charge in [0.25, 0.3) is 0 Å². The molecule has 0 aliphatic carbocycles. The number of hydrogen-bond acceptors (Lipinski definition) is 3. The van der Waals surface area contributed by atoms with E-state index in [1.807, 2.05) is 13.8 Å². The Kier molecular flexibility index (Phi) is 4.02. The van der Waals surface area contributed by atoms with Crippen LogP contribution in [0.5, 0.6) is 0 Å². The van der Waals surface area contributed by atoms with Crippen molar-refractivity contribution in [1.82, 2.24) is 9.97 Å². The van der Waals surface area contributed by atoms with Gasteiger partial charge >= 0.3 is 0 Å². The van der Waals surface area contributed by atoms with Gasteiger partial charge in [-0.25, -0.2) is 9.97 Å². The Hall–Kier alpha value is -1.26. The Morgan fingerprint density at radius 2 is 1.47 bits per heavy atom. The van der Waals surface area contributed by atoms with Crippen LogP contribution in [0.3, 0.4) is 0 Å². The number of hydrogen-bond donors (Lipinski definition) is 1. The molecule has 2 rings (SSSR count). The molecule has 0 saturated carbocycles. The zero-order valence-corrected chi connectivity index (χ0v) is 13.3. The quantitative estimate of drug-likeness (QED) is 0.920. The van der Waals surface area contributed by atoms with Crippen molar-refractivity contribution in [2.75, 3.05) is 0 Å². The minimum atomic E-state index is 0.482. The van der Waals surface area contributed by atoms with E-state index >= 15 is 0 Å². The van der Waals surface area contributed by atoms with Crippen molar-refractivity contribution in [3.8, 4) is 11.4 Å². The molecule has 3 nitrogen and oxygen atoms in total. The van der Waals surface area contributed by atoms with Gasteiger partial charge in [-0.05, 0) is 51.0 Å². The van der Waals surface area contributed by atoms with E-state index in [0.29, 0.717) is 6.54 Å². The number of benzene rings is 1. The van der Waals surface area contributed by atoms with Crippen LogP contribution < -0.4 is 5.73 Å². The maximum Gasteiger partial charge on any atom is 0.159 e. The van der Waals surface area contributed by atoms with E-state index in [0.717, 1.165) is 32.8 Å². The predicted molar refractivity (Wildman–Crippen MR) is 82.0 cm³/mol. The molecule has 0 saturated heterocycles. The second kappa shape index (κ2) is 5.39. The molecule has 0 spiro atoms. The maximum absolute atomic E-state index is 5.72. The molecule has 4 heteroatoms. The van der Waals surface area contributed by atoms with Gasteiger partial charge in [-0.2, -0.15) is 0 Å². The van der Waals surface area contributed by atoms with Crippen LogP contribution in [0, 0.1) is 27.7 Å². The molecule has 19 heavy (non-hydrogen) atoms. The monoisotopic (exact) mass is 319 g/mol. The van der Waals surface area contributed by atoms with Gasteiger partial charge < -0.3 is 5.73 Å². The van der Waals surface area contributed by atoms with Crippen molar-refractivity contribution < 1.29 is 0 Å². The van der Waals surface area contributed by atoms with E-state index in [1.54, 1.807) is 0 Å². The van der Waals surface area contributed by atoms with Crippen LogP contribution in [0.15, 0.2) is 16.6 Å². The van der Waals surface area contributed by atoms with Crippen LogP contribution in [0.1, 0.15) is 28.1 Å². The third-order valence-corrected chi connectivity index (χ3v) is 4.57. The van der Waals surface area contributed by atoms with Gasteiger partial charge in [-0.1, -0.05) is 15.9 Å². The van der Waals surface area contributed by atoms with Crippen molar-refractivity contribution in [3.05, 3.63) is 44.7 Å². The van der Waals surface area contributed by atoms with Crippen LogP contribution in [-0.4, -0.2) is 9.97 Å². The molecule has 100 valence electrons. The van der Waals surface area contributed by atoms with E-state index in [-0.39, 0.29) is 0 Å². The third-order valence-electron chi connectivity index (χ3n) is 3.32. The average molecular weight is 320 g/mol. The summed E-state index contributed by atoms with van der Waals surface area (Å²) in [5.41, 5.74) is 12.1. The number of aryl methyl sites for hydroxylation is 4. The van der Waals surface area contributed by atoms with Crippen LogP contribution in [0.4, 0.5) is 0 Å². The number of halogens is 1. The van der Waals surface area contributed by atoms with E-state index in [9.17, 15) is 0 Å². The van der Waals surface area contributed by atoms with E-state index in [4.69, 9.17) is 5.73 Å². The van der Waals surface area contributed by atoms with Gasteiger partial charge in [-0.3, -0.25) is 0 Å². The fourth-order valence-corrected chi connectivity index (χ4v) is 2.47. The minimum absolute atomic E-state index is 0.482. The lowest BCUT2D eigenvalue weighted by Crippen LogP contribution is -2.07. The maximum atomic E-state index is 5.72. The van der Waals surface area contributed by atoms with Crippen molar-refractivity contribution >= 4 is 15.9 Å². The molecule has 0 fully saturated rings. The van der Waals surface area contributed by atoms with E-state index in [1.165, 1.54) is 11.1 Å². The molecule has 1 aromatic carbocycles. The lowest BCUT2D eigenvalue weighted by molar-refractivity contribution is 0.938. The molecule has 0 unspecified atom stereocenters. The summed E-state index contributed by atoms with van der Waals surface area (Å²) in [6.45, 7) is 8.61. The van der Waals surface area contributed by atoms with E-state index in [2.05, 4.69) is 51.9 Å². The van der Waals surface area contributed by atoms with Gasteiger partial charge in [0.05, 0.1) is 0 Å². The summed E-state index contributed by atoms with van der Waals surface area (Å²) >= 11 is 3.58. The molecule has 0 bridgehead atoms. The SMILES string of the molecule is Cc1cc(-c2nc(C)c(CN)c(C)n2)cc(C)c1Br. The van der Waals surface area contributed by atoms with E-state index < -0.39 is 0 Å². The Morgan fingerprint density at radius 1 is 1.00 bits per heavy atom. The summed E-state index contributed by atoms with van der Waals surface area (Å²) in [6.07, 6.45) is 0. The lowest BCUT2D eigenvalue weighted by Gasteiger charge is -2.11. The first-order chi connectivity index (χ1) is 8.93. The molecule has 0 radical (unpaired) electrons. The highest BCUT2D eigenvalue weighted by Gasteiger charge is 2.11. The van der Waals surface area contributed by atoms with Crippen molar-refractivity contribution in [2.24, 2.45) is 5.73 Å². The Balaban J connectivity index is 2.60. The summed E-state index contributed by atoms with van der Waals surface area (Å²) < 4.78 is 1.14. The smallest absolute Gasteiger partial charge is 0.159 e. The zero-order valence-electron chi connectivity index (χ0n) is 11.7. The molecule has 0 amide bonds. The first-order valence-electron chi connectivity index (χ1n) is 6.25. The molecule has 1 heterocycles. The van der Waals surface area contributed by atoms with Gasteiger partial charge in [0, 0.05) is 33.5 Å². The fraction of sp³-hybridized carbons (Fsp3) is 0.333. The van der Waals surface area contributed by atoms with Gasteiger partial charge in [-0.15, -0.1) is 0 Å². The summed E-state index contributed by atoms with van der Waals surface area (Å²) in [6, 6.07) is 4.21. The third kappa shape index (κ3) is 2.69. The highest BCUT2D eigenvalue weighted by atomic mass is 79.9. The van der Waals surface area contributed by atoms with Crippen molar-refractivity contribution in [2.45, 2.75) is 34.2 Å². The highest BCUT2D eigenvalue weighted by molar-refractivity contribution is 9.10. The number of nitrogens with zero attached hydrogens (tertiary/aromatic N) is 2. The first kappa shape index (κ1) is 14.2. The number of rotatable bonds is 2. The Labute approximate surface area is 122 Å². The molecule has 1 aromatic heterocycles. The second-order valence-corrected chi connectivity index (χ2v) is 5.62. The number of aromatic nitrogens is 2. The van der Waals surface area contributed by atoms with Crippen molar-refractivity contribution in [1.29, 1.82) is 0 Å². The molecule has 2 aromatic rings. The van der Waals surface area contributed by atoms with Gasteiger partial charge in [0.2, 0.25) is 0 Å². The highest BCUT2D eigenvalue weighted by Crippen LogP contribution is 2.27. The Morgan fingerprint density at radius 3 is 1.89 bits per heavy atom. The Bertz CT molecular complexity index is 589. The summed E-state index contributed by atoms with van der Waals surface area (Å²) in [5.74, 6) is 0.769. The average Bonchev–Trinajstić information content (AvgIpc) is 2.35. The molecule has 0 aliphatic rings.